The highest BCUT2D eigenvalue weighted by Gasteiger charge is 2.34. The standard InChI is InChI=1S/C20H21NO6/c1-3-25-20(24)27-13(2)26-19(23)15-11-12-21-16(15)9-10-17(21)18(22)14-7-5-4-6-8-14/h4-10,13,15H,3,11-12H2,1-2H3/t13?,15-/m0/s1. The van der Waals surface area contributed by atoms with Gasteiger partial charge in [0.25, 0.3) is 0 Å². The number of esters is 1. The summed E-state index contributed by atoms with van der Waals surface area (Å²) in [7, 11) is 0. The predicted octanol–water partition coefficient (Wildman–Crippen LogP) is 3.27. The molecule has 1 aromatic heterocycles. The van der Waals surface area contributed by atoms with Gasteiger partial charge in [0, 0.05) is 24.7 Å². The van der Waals surface area contributed by atoms with Gasteiger partial charge in [-0.15, -0.1) is 0 Å². The summed E-state index contributed by atoms with van der Waals surface area (Å²) in [5.74, 6) is -1.09. The maximum atomic E-state index is 12.7. The SMILES string of the molecule is CCOC(=O)OC(C)OC(=O)[C@H]1CCn2c(C(=O)c3ccccc3)ccc21. The third kappa shape index (κ3) is 4.02. The van der Waals surface area contributed by atoms with Gasteiger partial charge < -0.3 is 18.8 Å². The minimum atomic E-state index is -1.05. The van der Waals surface area contributed by atoms with E-state index in [0.29, 0.717) is 24.2 Å². The fraction of sp³-hybridized carbons (Fsp3) is 0.350. The first-order valence-electron chi connectivity index (χ1n) is 8.84. The molecule has 2 heterocycles. The van der Waals surface area contributed by atoms with Crippen LogP contribution >= 0.6 is 0 Å². The topological polar surface area (TPSA) is 83.8 Å². The van der Waals surface area contributed by atoms with Crippen molar-refractivity contribution in [3.8, 4) is 0 Å². The van der Waals surface area contributed by atoms with Crippen LogP contribution < -0.4 is 0 Å². The van der Waals surface area contributed by atoms with Crippen LogP contribution in [0.4, 0.5) is 4.79 Å². The summed E-state index contributed by atoms with van der Waals surface area (Å²) in [4.78, 5) is 36.4. The molecule has 27 heavy (non-hydrogen) atoms. The molecule has 0 fully saturated rings. The number of nitrogens with zero attached hydrogens (tertiary/aromatic N) is 1. The molecule has 0 N–H and O–H groups in total. The normalized spacial score (nSPS) is 16.3. The fourth-order valence-corrected chi connectivity index (χ4v) is 3.17. The van der Waals surface area contributed by atoms with Crippen LogP contribution in [0.3, 0.4) is 0 Å². The van der Waals surface area contributed by atoms with E-state index in [2.05, 4.69) is 4.74 Å². The molecule has 0 saturated heterocycles. The van der Waals surface area contributed by atoms with E-state index in [-0.39, 0.29) is 12.4 Å². The number of aromatic nitrogens is 1. The third-order valence-electron chi connectivity index (χ3n) is 4.37. The van der Waals surface area contributed by atoms with Crippen LogP contribution in [-0.2, 0) is 25.5 Å². The first kappa shape index (κ1) is 18.7. The van der Waals surface area contributed by atoms with Crippen LogP contribution in [0.5, 0.6) is 0 Å². The van der Waals surface area contributed by atoms with Gasteiger partial charge in [0.15, 0.2) is 0 Å². The summed E-state index contributed by atoms with van der Waals surface area (Å²) in [6.07, 6.45) is -1.41. The average Bonchev–Trinajstić information content (AvgIpc) is 3.23. The lowest BCUT2D eigenvalue weighted by Gasteiger charge is -2.16. The third-order valence-corrected chi connectivity index (χ3v) is 4.37. The van der Waals surface area contributed by atoms with Crippen molar-refractivity contribution in [1.29, 1.82) is 0 Å². The van der Waals surface area contributed by atoms with Crippen molar-refractivity contribution in [2.45, 2.75) is 39.0 Å². The van der Waals surface area contributed by atoms with Crippen LogP contribution in [0.15, 0.2) is 42.5 Å². The zero-order chi connectivity index (χ0) is 19.4. The molecule has 0 bridgehead atoms. The highest BCUT2D eigenvalue weighted by molar-refractivity contribution is 6.08. The number of rotatable bonds is 6. The maximum absolute atomic E-state index is 12.7. The van der Waals surface area contributed by atoms with E-state index in [4.69, 9.17) is 9.47 Å². The number of carbonyl (C=O) groups is 3. The fourth-order valence-electron chi connectivity index (χ4n) is 3.17. The van der Waals surface area contributed by atoms with Crippen molar-refractivity contribution in [2.24, 2.45) is 0 Å². The summed E-state index contributed by atoms with van der Waals surface area (Å²) in [5, 5.41) is 0. The van der Waals surface area contributed by atoms with Crippen LogP contribution in [0, 0.1) is 0 Å². The molecule has 2 aromatic rings. The Kier molecular flexibility index (Phi) is 5.59. The van der Waals surface area contributed by atoms with Gasteiger partial charge in [-0.25, -0.2) is 4.79 Å². The summed E-state index contributed by atoms with van der Waals surface area (Å²) < 4.78 is 16.5. The van der Waals surface area contributed by atoms with Gasteiger partial charge in [-0.05, 0) is 25.5 Å². The molecule has 142 valence electrons. The molecule has 1 aliphatic rings. The number of ether oxygens (including phenoxy) is 3. The van der Waals surface area contributed by atoms with E-state index >= 15 is 0 Å². The molecule has 0 aliphatic carbocycles. The minimum Gasteiger partial charge on any atom is -0.435 e. The zero-order valence-corrected chi connectivity index (χ0v) is 15.2. The number of fused-ring (bicyclic) bond motifs is 1. The van der Waals surface area contributed by atoms with Gasteiger partial charge in [0.05, 0.1) is 18.2 Å². The number of hydrogen-bond donors (Lipinski definition) is 0. The minimum absolute atomic E-state index is 0.0881. The number of ketones is 1. The number of carbonyl (C=O) groups excluding carboxylic acids is 3. The van der Waals surface area contributed by atoms with E-state index in [0.717, 1.165) is 5.69 Å². The van der Waals surface area contributed by atoms with Gasteiger partial charge in [0.1, 0.15) is 0 Å². The molecular weight excluding hydrogens is 350 g/mol. The van der Waals surface area contributed by atoms with E-state index in [1.807, 2.05) is 22.8 Å². The Morgan fingerprint density at radius 2 is 1.85 bits per heavy atom. The van der Waals surface area contributed by atoms with Crippen molar-refractivity contribution in [2.75, 3.05) is 6.61 Å². The first-order chi connectivity index (χ1) is 13.0. The van der Waals surface area contributed by atoms with Gasteiger partial charge in [-0.2, -0.15) is 0 Å². The molecule has 0 saturated carbocycles. The summed E-state index contributed by atoms with van der Waals surface area (Å²) >= 11 is 0. The van der Waals surface area contributed by atoms with E-state index in [9.17, 15) is 14.4 Å². The van der Waals surface area contributed by atoms with E-state index in [1.54, 1.807) is 31.2 Å². The maximum Gasteiger partial charge on any atom is 0.511 e. The molecule has 3 rings (SSSR count). The lowest BCUT2D eigenvalue weighted by molar-refractivity contribution is -0.169. The molecule has 1 aliphatic heterocycles. The Labute approximate surface area is 156 Å². The van der Waals surface area contributed by atoms with Gasteiger partial charge >= 0.3 is 12.1 Å². The average molecular weight is 371 g/mol. The summed E-state index contributed by atoms with van der Waals surface area (Å²) in [6, 6.07) is 12.5. The highest BCUT2D eigenvalue weighted by Crippen LogP contribution is 2.32. The van der Waals surface area contributed by atoms with Crippen molar-refractivity contribution in [3.05, 3.63) is 59.4 Å². The monoisotopic (exact) mass is 371 g/mol. The quantitative estimate of drug-likeness (QED) is 0.440. The summed E-state index contributed by atoms with van der Waals surface area (Å²) in [6.45, 7) is 3.82. The first-order valence-corrected chi connectivity index (χ1v) is 8.84. The lowest BCUT2D eigenvalue weighted by Crippen LogP contribution is -2.25. The predicted molar refractivity (Wildman–Crippen MR) is 95.3 cm³/mol. The van der Waals surface area contributed by atoms with Crippen LogP contribution in [0.2, 0.25) is 0 Å². The van der Waals surface area contributed by atoms with Crippen molar-refractivity contribution < 1.29 is 28.6 Å². The molecule has 1 unspecified atom stereocenters. The molecule has 1 aromatic carbocycles. The van der Waals surface area contributed by atoms with Crippen molar-refractivity contribution in [3.63, 3.8) is 0 Å². The number of benzene rings is 1. The largest absolute Gasteiger partial charge is 0.511 e. The smallest absolute Gasteiger partial charge is 0.435 e. The second-order valence-corrected chi connectivity index (χ2v) is 6.14. The van der Waals surface area contributed by atoms with Gasteiger partial charge in [0.2, 0.25) is 12.1 Å². The highest BCUT2D eigenvalue weighted by atomic mass is 16.8. The molecule has 7 nitrogen and oxygen atoms in total. The molecule has 0 amide bonds. The Hall–Kier alpha value is -3.09. The molecule has 0 radical (unpaired) electrons. The number of hydrogen-bond acceptors (Lipinski definition) is 6. The van der Waals surface area contributed by atoms with Crippen LogP contribution in [0.25, 0.3) is 0 Å². The molecule has 7 heteroatoms. The van der Waals surface area contributed by atoms with Crippen molar-refractivity contribution in [1.82, 2.24) is 4.57 Å². The molecule has 0 spiro atoms. The Morgan fingerprint density at radius 1 is 1.11 bits per heavy atom. The second-order valence-electron chi connectivity index (χ2n) is 6.14. The van der Waals surface area contributed by atoms with Gasteiger partial charge in [-0.3, -0.25) is 9.59 Å². The second kappa shape index (κ2) is 8.07. The molecule has 2 atom stereocenters. The Balaban J connectivity index is 1.69. The molecular formula is C20H21NO6. The summed E-state index contributed by atoms with van der Waals surface area (Å²) in [5.41, 5.74) is 1.87. The van der Waals surface area contributed by atoms with Crippen LogP contribution in [0.1, 0.15) is 47.9 Å². The Bertz CT molecular complexity index is 841. The van der Waals surface area contributed by atoms with E-state index in [1.165, 1.54) is 6.92 Å². The van der Waals surface area contributed by atoms with Crippen molar-refractivity contribution >= 4 is 17.9 Å². The van der Waals surface area contributed by atoms with Gasteiger partial charge in [-0.1, -0.05) is 30.3 Å². The zero-order valence-electron chi connectivity index (χ0n) is 15.2. The van der Waals surface area contributed by atoms with Crippen LogP contribution in [-0.4, -0.2) is 35.4 Å². The van der Waals surface area contributed by atoms with E-state index < -0.39 is 24.3 Å². The Morgan fingerprint density at radius 3 is 2.56 bits per heavy atom. The lowest BCUT2D eigenvalue weighted by atomic mass is 10.1.